The highest BCUT2D eigenvalue weighted by atomic mass is 32.1. The largest absolute Gasteiger partial charge is 0.433 e. The third-order valence-electron chi connectivity index (χ3n) is 2.02. The van der Waals surface area contributed by atoms with Gasteiger partial charge in [-0.25, -0.2) is 0 Å². The van der Waals surface area contributed by atoms with Crippen LogP contribution in [0.3, 0.4) is 0 Å². The van der Waals surface area contributed by atoms with Gasteiger partial charge in [-0.05, 0) is 12.8 Å². The average molecular weight is 238 g/mol. The number of hydrogen-bond acceptors (Lipinski definition) is 1. The molecule has 0 aliphatic heterocycles. The highest BCUT2D eigenvalue weighted by molar-refractivity contribution is 7.71. The second-order valence-corrected chi connectivity index (χ2v) is 4.31. The maximum Gasteiger partial charge on any atom is 0.433 e. The van der Waals surface area contributed by atoms with E-state index in [2.05, 4.69) is 5.10 Å². The lowest BCUT2D eigenvalue weighted by molar-refractivity contribution is -0.142. The molecule has 0 amide bonds. The van der Waals surface area contributed by atoms with Crippen LogP contribution in [0, 0.1) is 17.5 Å². The SMILES string of the molecule is Cc1c(C(F)(F)F)[nH]n(CC(C)C)c1=S. The number of halogens is 3. The lowest BCUT2D eigenvalue weighted by atomic mass is 10.2. The smallest absolute Gasteiger partial charge is 0.293 e. The number of alkyl halides is 3. The number of aromatic nitrogens is 2. The highest BCUT2D eigenvalue weighted by Crippen LogP contribution is 2.30. The van der Waals surface area contributed by atoms with Crippen LogP contribution in [0.2, 0.25) is 0 Å². The molecule has 0 saturated heterocycles. The van der Waals surface area contributed by atoms with Gasteiger partial charge in [0.25, 0.3) is 0 Å². The van der Waals surface area contributed by atoms with Gasteiger partial charge in [0.1, 0.15) is 10.3 Å². The molecule has 0 aromatic carbocycles. The quantitative estimate of drug-likeness (QED) is 0.782. The Kier molecular flexibility index (Phi) is 3.28. The summed E-state index contributed by atoms with van der Waals surface area (Å²) in [4.78, 5) is 0. The molecular formula is C9H13F3N2S. The zero-order chi connectivity index (χ0) is 11.8. The van der Waals surface area contributed by atoms with Crippen molar-refractivity contribution in [1.82, 2.24) is 9.78 Å². The summed E-state index contributed by atoms with van der Waals surface area (Å²) >= 11 is 4.93. The molecule has 0 atom stereocenters. The van der Waals surface area contributed by atoms with E-state index in [1.165, 1.54) is 11.6 Å². The van der Waals surface area contributed by atoms with Gasteiger partial charge in [0.2, 0.25) is 0 Å². The van der Waals surface area contributed by atoms with Gasteiger partial charge in [-0.3, -0.25) is 9.78 Å². The fraction of sp³-hybridized carbons (Fsp3) is 0.667. The van der Waals surface area contributed by atoms with Gasteiger partial charge in [0, 0.05) is 12.1 Å². The number of nitrogens with zero attached hydrogens (tertiary/aromatic N) is 1. The van der Waals surface area contributed by atoms with Crippen molar-refractivity contribution in [2.75, 3.05) is 0 Å². The van der Waals surface area contributed by atoms with Crippen LogP contribution in [-0.4, -0.2) is 9.78 Å². The molecule has 1 rings (SSSR count). The molecule has 0 aliphatic carbocycles. The van der Waals surface area contributed by atoms with Crippen LogP contribution in [-0.2, 0) is 12.7 Å². The highest BCUT2D eigenvalue weighted by Gasteiger charge is 2.35. The first-order valence-electron chi connectivity index (χ1n) is 4.60. The predicted octanol–water partition coefficient (Wildman–Crippen LogP) is 3.53. The van der Waals surface area contributed by atoms with E-state index >= 15 is 0 Å². The summed E-state index contributed by atoms with van der Waals surface area (Å²) in [5.41, 5.74) is -0.647. The van der Waals surface area contributed by atoms with Crippen molar-refractivity contribution in [1.29, 1.82) is 0 Å². The lowest BCUT2D eigenvalue weighted by Crippen LogP contribution is -2.10. The summed E-state index contributed by atoms with van der Waals surface area (Å²) in [7, 11) is 0. The minimum Gasteiger partial charge on any atom is -0.293 e. The summed E-state index contributed by atoms with van der Waals surface area (Å²) in [5.74, 6) is 0.246. The maximum atomic E-state index is 12.5. The fourth-order valence-corrected chi connectivity index (χ4v) is 1.57. The van der Waals surface area contributed by atoms with Crippen molar-refractivity contribution in [2.45, 2.75) is 33.5 Å². The first kappa shape index (κ1) is 12.3. The summed E-state index contributed by atoms with van der Waals surface area (Å²) in [6.45, 7) is 5.70. The Morgan fingerprint density at radius 1 is 1.40 bits per heavy atom. The number of hydrogen-bond donors (Lipinski definition) is 1. The molecule has 0 bridgehead atoms. The van der Waals surface area contributed by atoms with Crippen LogP contribution >= 0.6 is 12.2 Å². The minimum absolute atomic E-state index is 0.0955. The fourth-order valence-electron chi connectivity index (χ4n) is 1.35. The van der Waals surface area contributed by atoms with Gasteiger partial charge in [0.15, 0.2) is 0 Å². The second-order valence-electron chi connectivity index (χ2n) is 3.92. The van der Waals surface area contributed by atoms with Crippen LogP contribution in [0.1, 0.15) is 25.1 Å². The molecule has 0 radical (unpaired) electrons. The Labute approximate surface area is 91.1 Å². The topological polar surface area (TPSA) is 20.7 Å². The van der Waals surface area contributed by atoms with E-state index in [9.17, 15) is 13.2 Å². The van der Waals surface area contributed by atoms with Crippen molar-refractivity contribution in [3.05, 3.63) is 15.9 Å². The summed E-state index contributed by atoms with van der Waals surface area (Å²) in [6.07, 6.45) is -4.36. The minimum atomic E-state index is -4.36. The van der Waals surface area contributed by atoms with Gasteiger partial charge < -0.3 is 0 Å². The van der Waals surface area contributed by atoms with Gasteiger partial charge in [-0.1, -0.05) is 26.1 Å². The van der Waals surface area contributed by atoms with Gasteiger partial charge in [-0.2, -0.15) is 13.2 Å². The zero-order valence-corrected chi connectivity index (χ0v) is 9.59. The van der Waals surface area contributed by atoms with E-state index in [-0.39, 0.29) is 16.1 Å². The standard InChI is InChI=1S/C9H13F3N2S/c1-5(2)4-14-8(15)6(3)7(13-14)9(10,11)12/h5,13H,4H2,1-3H3. The molecular weight excluding hydrogens is 225 g/mol. The number of H-pyrrole nitrogens is 1. The van der Waals surface area contributed by atoms with Crippen molar-refractivity contribution < 1.29 is 13.2 Å². The van der Waals surface area contributed by atoms with Crippen molar-refractivity contribution >= 4 is 12.2 Å². The lowest BCUT2D eigenvalue weighted by Gasteiger charge is -2.07. The van der Waals surface area contributed by atoms with Crippen molar-refractivity contribution in [2.24, 2.45) is 5.92 Å². The molecule has 2 nitrogen and oxygen atoms in total. The maximum absolute atomic E-state index is 12.5. The van der Waals surface area contributed by atoms with Crippen LogP contribution in [0.15, 0.2) is 0 Å². The van der Waals surface area contributed by atoms with Gasteiger partial charge in [-0.15, -0.1) is 0 Å². The molecule has 0 aliphatic rings. The van der Waals surface area contributed by atoms with E-state index in [0.717, 1.165) is 0 Å². The summed E-state index contributed by atoms with van der Waals surface area (Å²) in [5, 5.41) is 2.31. The molecule has 1 heterocycles. The Morgan fingerprint density at radius 3 is 2.27 bits per heavy atom. The molecule has 15 heavy (non-hydrogen) atoms. The Hall–Kier alpha value is -0.780. The monoisotopic (exact) mass is 238 g/mol. The molecule has 1 N–H and O–H groups in total. The third-order valence-corrected chi connectivity index (χ3v) is 2.55. The first-order chi connectivity index (χ1) is 6.73. The Morgan fingerprint density at radius 2 is 1.93 bits per heavy atom. The Bertz CT molecular complexity index is 400. The number of rotatable bonds is 2. The number of aromatic amines is 1. The van der Waals surface area contributed by atoms with Crippen LogP contribution in [0.4, 0.5) is 13.2 Å². The van der Waals surface area contributed by atoms with Crippen LogP contribution in [0.25, 0.3) is 0 Å². The van der Waals surface area contributed by atoms with E-state index in [0.29, 0.717) is 6.54 Å². The summed E-state index contributed by atoms with van der Waals surface area (Å²) < 4.78 is 39.1. The first-order valence-corrected chi connectivity index (χ1v) is 5.01. The van der Waals surface area contributed by atoms with Crippen molar-refractivity contribution in [3.63, 3.8) is 0 Å². The molecule has 1 aromatic rings. The molecule has 6 heteroatoms. The molecule has 0 saturated carbocycles. The van der Waals surface area contributed by atoms with E-state index in [1.807, 2.05) is 13.8 Å². The normalized spacial score (nSPS) is 12.5. The summed E-state index contributed by atoms with van der Waals surface area (Å²) in [6, 6.07) is 0. The van der Waals surface area contributed by atoms with Gasteiger partial charge in [0.05, 0.1) is 0 Å². The molecule has 0 unspecified atom stereocenters. The van der Waals surface area contributed by atoms with E-state index < -0.39 is 11.9 Å². The number of nitrogens with one attached hydrogen (secondary N) is 1. The molecule has 86 valence electrons. The molecule has 0 fully saturated rings. The second kappa shape index (κ2) is 4.00. The predicted molar refractivity (Wildman–Crippen MR) is 54.2 cm³/mol. The van der Waals surface area contributed by atoms with Crippen molar-refractivity contribution in [3.8, 4) is 0 Å². The van der Waals surface area contributed by atoms with Crippen LogP contribution in [0.5, 0.6) is 0 Å². The van der Waals surface area contributed by atoms with E-state index in [1.54, 1.807) is 0 Å². The van der Waals surface area contributed by atoms with E-state index in [4.69, 9.17) is 12.2 Å². The van der Waals surface area contributed by atoms with Gasteiger partial charge >= 0.3 is 6.18 Å². The average Bonchev–Trinajstić information content (AvgIpc) is 2.30. The Balaban J connectivity index is 3.19. The van der Waals surface area contributed by atoms with Crippen LogP contribution < -0.4 is 0 Å². The zero-order valence-electron chi connectivity index (χ0n) is 8.77. The molecule has 1 aromatic heterocycles. The third kappa shape index (κ3) is 2.62. The molecule has 0 spiro atoms.